The van der Waals surface area contributed by atoms with Crippen molar-refractivity contribution in [2.45, 2.75) is 58.0 Å². The van der Waals surface area contributed by atoms with Gasteiger partial charge in [0.25, 0.3) is 0 Å². The van der Waals surface area contributed by atoms with Crippen molar-refractivity contribution in [3.8, 4) is 0 Å². The molecule has 0 spiro atoms. The van der Waals surface area contributed by atoms with E-state index in [4.69, 9.17) is 9.84 Å². The number of carboxylic acid groups (broad SMARTS) is 1. The smallest absolute Gasteiger partial charge is 0.306 e. The van der Waals surface area contributed by atoms with Crippen molar-refractivity contribution in [2.24, 2.45) is 5.92 Å². The molecule has 0 aliphatic carbocycles. The SMILES string of the molecule is CC(CCCC(C)C(=O)O)NC1CCCOC1. The topological polar surface area (TPSA) is 58.6 Å². The van der Waals surface area contributed by atoms with Crippen LogP contribution in [0.15, 0.2) is 0 Å². The number of carboxylic acids is 1. The molecule has 1 aliphatic heterocycles. The highest BCUT2D eigenvalue weighted by Gasteiger charge is 2.16. The fourth-order valence-electron chi connectivity index (χ4n) is 2.21. The first-order chi connectivity index (χ1) is 8.09. The molecule has 0 bridgehead atoms. The predicted octanol–water partition coefficient (Wildman–Crippen LogP) is 2.03. The van der Waals surface area contributed by atoms with Crippen LogP contribution in [0.3, 0.4) is 0 Å². The molecule has 100 valence electrons. The Morgan fingerprint density at radius 1 is 1.47 bits per heavy atom. The van der Waals surface area contributed by atoms with Crippen molar-refractivity contribution in [1.29, 1.82) is 0 Å². The maximum Gasteiger partial charge on any atom is 0.306 e. The minimum absolute atomic E-state index is 0.222. The van der Waals surface area contributed by atoms with Gasteiger partial charge < -0.3 is 15.2 Å². The minimum atomic E-state index is -0.689. The summed E-state index contributed by atoms with van der Waals surface area (Å²) in [5.74, 6) is -0.911. The van der Waals surface area contributed by atoms with Crippen LogP contribution < -0.4 is 5.32 Å². The van der Waals surface area contributed by atoms with E-state index >= 15 is 0 Å². The number of carbonyl (C=O) groups is 1. The Morgan fingerprint density at radius 3 is 2.82 bits per heavy atom. The first-order valence-electron chi connectivity index (χ1n) is 6.66. The molecular weight excluding hydrogens is 218 g/mol. The van der Waals surface area contributed by atoms with Gasteiger partial charge in [-0.15, -0.1) is 0 Å². The van der Waals surface area contributed by atoms with Crippen molar-refractivity contribution in [1.82, 2.24) is 5.32 Å². The summed E-state index contributed by atoms with van der Waals surface area (Å²) in [4.78, 5) is 10.7. The van der Waals surface area contributed by atoms with Crippen molar-refractivity contribution in [3.63, 3.8) is 0 Å². The first-order valence-corrected chi connectivity index (χ1v) is 6.66. The van der Waals surface area contributed by atoms with Gasteiger partial charge in [0.05, 0.1) is 12.5 Å². The highest BCUT2D eigenvalue weighted by Crippen LogP contribution is 2.12. The van der Waals surface area contributed by atoms with E-state index in [-0.39, 0.29) is 5.92 Å². The maximum atomic E-state index is 10.7. The molecule has 1 fully saturated rings. The lowest BCUT2D eigenvalue weighted by molar-refractivity contribution is -0.141. The van der Waals surface area contributed by atoms with Crippen LogP contribution in [0.4, 0.5) is 0 Å². The van der Waals surface area contributed by atoms with Gasteiger partial charge >= 0.3 is 5.97 Å². The van der Waals surface area contributed by atoms with Gasteiger partial charge in [0.15, 0.2) is 0 Å². The summed E-state index contributed by atoms with van der Waals surface area (Å²) in [6.07, 6.45) is 5.10. The third-order valence-corrected chi connectivity index (χ3v) is 3.38. The lowest BCUT2D eigenvalue weighted by atomic mass is 10.0. The molecular formula is C13H25NO3. The fraction of sp³-hybridized carbons (Fsp3) is 0.923. The molecule has 1 heterocycles. The van der Waals surface area contributed by atoms with Crippen LogP contribution in [0, 0.1) is 5.92 Å². The van der Waals surface area contributed by atoms with E-state index in [0.29, 0.717) is 12.1 Å². The molecule has 0 aromatic carbocycles. The van der Waals surface area contributed by atoms with Gasteiger partial charge in [0, 0.05) is 18.7 Å². The summed E-state index contributed by atoms with van der Waals surface area (Å²) in [6.45, 7) is 5.65. The second-order valence-electron chi connectivity index (χ2n) is 5.15. The quantitative estimate of drug-likeness (QED) is 0.718. The zero-order valence-electron chi connectivity index (χ0n) is 10.9. The van der Waals surface area contributed by atoms with E-state index in [1.165, 1.54) is 6.42 Å². The van der Waals surface area contributed by atoms with Crippen LogP contribution in [-0.2, 0) is 9.53 Å². The van der Waals surface area contributed by atoms with Crippen molar-refractivity contribution >= 4 is 5.97 Å². The molecule has 17 heavy (non-hydrogen) atoms. The summed E-state index contributed by atoms with van der Waals surface area (Å²) in [7, 11) is 0. The third-order valence-electron chi connectivity index (χ3n) is 3.38. The maximum absolute atomic E-state index is 10.7. The summed E-state index contributed by atoms with van der Waals surface area (Å²) >= 11 is 0. The minimum Gasteiger partial charge on any atom is -0.481 e. The largest absolute Gasteiger partial charge is 0.481 e. The zero-order valence-corrected chi connectivity index (χ0v) is 10.9. The Balaban J connectivity index is 2.08. The lowest BCUT2D eigenvalue weighted by Gasteiger charge is -2.26. The second-order valence-corrected chi connectivity index (χ2v) is 5.15. The highest BCUT2D eigenvalue weighted by atomic mass is 16.5. The Morgan fingerprint density at radius 2 is 2.24 bits per heavy atom. The normalized spacial score (nSPS) is 24.2. The standard InChI is InChI=1S/C13H25NO3/c1-10(13(15)16)5-3-6-11(2)14-12-7-4-8-17-9-12/h10-12,14H,3-9H2,1-2H3,(H,15,16). The number of nitrogens with one attached hydrogen (secondary N) is 1. The Labute approximate surface area is 104 Å². The molecule has 3 unspecified atom stereocenters. The molecule has 0 saturated carbocycles. The van der Waals surface area contributed by atoms with E-state index in [1.807, 2.05) is 0 Å². The van der Waals surface area contributed by atoms with Gasteiger partial charge in [-0.1, -0.05) is 13.3 Å². The van der Waals surface area contributed by atoms with E-state index in [1.54, 1.807) is 6.92 Å². The number of rotatable bonds is 7. The van der Waals surface area contributed by atoms with E-state index in [9.17, 15) is 4.79 Å². The molecule has 0 aromatic rings. The van der Waals surface area contributed by atoms with Gasteiger partial charge in [-0.3, -0.25) is 4.79 Å². The lowest BCUT2D eigenvalue weighted by Crippen LogP contribution is -2.41. The predicted molar refractivity (Wildman–Crippen MR) is 67.1 cm³/mol. The third kappa shape index (κ3) is 6.03. The highest BCUT2D eigenvalue weighted by molar-refractivity contribution is 5.69. The number of ether oxygens (including phenoxy) is 1. The van der Waals surface area contributed by atoms with Gasteiger partial charge in [-0.2, -0.15) is 0 Å². The zero-order chi connectivity index (χ0) is 12.7. The molecule has 0 amide bonds. The first kappa shape index (κ1) is 14.5. The molecule has 3 atom stereocenters. The number of hydrogen-bond acceptors (Lipinski definition) is 3. The Hall–Kier alpha value is -0.610. The van der Waals surface area contributed by atoms with Crippen molar-refractivity contribution in [3.05, 3.63) is 0 Å². The summed E-state index contributed by atoms with van der Waals surface area (Å²) in [6, 6.07) is 0.929. The molecule has 1 rings (SSSR count). The van der Waals surface area contributed by atoms with Gasteiger partial charge in [-0.05, 0) is 32.6 Å². The average Bonchev–Trinajstić information content (AvgIpc) is 2.30. The van der Waals surface area contributed by atoms with Gasteiger partial charge in [-0.25, -0.2) is 0 Å². The van der Waals surface area contributed by atoms with Crippen LogP contribution in [0.5, 0.6) is 0 Å². The Kier molecular flexibility index (Phi) is 6.52. The summed E-state index contributed by atoms with van der Waals surface area (Å²) in [5, 5.41) is 12.3. The molecule has 2 N–H and O–H groups in total. The van der Waals surface area contributed by atoms with Crippen molar-refractivity contribution in [2.75, 3.05) is 13.2 Å². The molecule has 1 saturated heterocycles. The van der Waals surface area contributed by atoms with Crippen LogP contribution in [-0.4, -0.2) is 36.4 Å². The van der Waals surface area contributed by atoms with Crippen LogP contribution in [0.1, 0.15) is 46.0 Å². The molecule has 4 nitrogen and oxygen atoms in total. The molecule has 4 heteroatoms. The molecule has 0 aromatic heterocycles. The van der Waals surface area contributed by atoms with Gasteiger partial charge in [0.2, 0.25) is 0 Å². The van der Waals surface area contributed by atoms with Crippen LogP contribution in [0.25, 0.3) is 0 Å². The molecule has 0 radical (unpaired) electrons. The second kappa shape index (κ2) is 7.67. The van der Waals surface area contributed by atoms with Crippen LogP contribution >= 0.6 is 0 Å². The van der Waals surface area contributed by atoms with E-state index in [0.717, 1.165) is 38.9 Å². The fourth-order valence-corrected chi connectivity index (χ4v) is 2.21. The number of hydrogen-bond donors (Lipinski definition) is 2. The summed E-state index contributed by atoms with van der Waals surface area (Å²) < 4.78 is 5.42. The van der Waals surface area contributed by atoms with E-state index in [2.05, 4.69) is 12.2 Å². The van der Waals surface area contributed by atoms with Gasteiger partial charge in [0.1, 0.15) is 0 Å². The Bertz CT molecular complexity index is 227. The monoisotopic (exact) mass is 243 g/mol. The van der Waals surface area contributed by atoms with E-state index < -0.39 is 5.97 Å². The average molecular weight is 243 g/mol. The number of aliphatic carboxylic acids is 1. The summed E-state index contributed by atoms with van der Waals surface area (Å²) in [5.41, 5.74) is 0. The molecule has 1 aliphatic rings. The van der Waals surface area contributed by atoms with Crippen LogP contribution in [0.2, 0.25) is 0 Å². The van der Waals surface area contributed by atoms with Crippen molar-refractivity contribution < 1.29 is 14.6 Å².